The van der Waals surface area contributed by atoms with Gasteiger partial charge in [0.05, 0.1) is 31.0 Å². The van der Waals surface area contributed by atoms with Crippen molar-refractivity contribution >= 4 is 18.0 Å². The Morgan fingerprint density at radius 2 is 1.89 bits per heavy atom. The van der Waals surface area contributed by atoms with Crippen LogP contribution in [0.1, 0.15) is 32.3 Å². The maximum absolute atomic E-state index is 12.3. The first kappa shape index (κ1) is 21.3. The van der Waals surface area contributed by atoms with E-state index in [2.05, 4.69) is 10.6 Å². The van der Waals surface area contributed by atoms with E-state index in [4.69, 9.17) is 14.2 Å². The molecule has 0 bridgehead atoms. The molecule has 1 aromatic carbocycles. The Morgan fingerprint density at radius 1 is 1.14 bits per heavy atom. The van der Waals surface area contributed by atoms with E-state index in [-0.39, 0.29) is 30.9 Å². The van der Waals surface area contributed by atoms with Crippen LogP contribution in [0.2, 0.25) is 0 Å². The zero-order valence-corrected chi connectivity index (χ0v) is 16.4. The molecule has 0 saturated heterocycles. The smallest absolute Gasteiger partial charge is 0.338 e. The summed E-state index contributed by atoms with van der Waals surface area (Å²) in [5, 5.41) is 5.22. The van der Waals surface area contributed by atoms with Gasteiger partial charge >= 0.3 is 18.0 Å². The highest BCUT2D eigenvalue weighted by molar-refractivity contribution is 5.94. The molecule has 1 aliphatic heterocycles. The summed E-state index contributed by atoms with van der Waals surface area (Å²) in [6.07, 6.45) is 1.11. The van der Waals surface area contributed by atoms with Crippen molar-refractivity contribution in [3.63, 3.8) is 0 Å². The zero-order valence-electron chi connectivity index (χ0n) is 16.4. The number of nitrogens with one attached hydrogen (secondary N) is 2. The first-order valence-corrected chi connectivity index (χ1v) is 9.25. The fourth-order valence-corrected chi connectivity index (χ4v) is 2.95. The summed E-state index contributed by atoms with van der Waals surface area (Å²) in [5.74, 6) is -0.275. The number of carbonyl (C=O) groups is 3. The van der Waals surface area contributed by atoms with Crippen LogP contribution in [0.3, 0.4) is 0 Å². The van der Waals surface area contributed by atoms with Crippen LogP contribution in [-0.4, -0.2) is 44.3 Å². The molecule has 28 heavy (non-hydrogen) atoms. The number of para-hydroxylation sites is 1. The minimum Gasteiger partial charge on any atom is -0.496 e. The molecule has 2 amide bonds. The molecule has 152 valence electrons. The molecule has 1 aromatic rings. The molecule has 0 radical (unpaired) electrons. The molecule has 0 saturated carbocycles. The maximum atomic E-state index is 12.3. The van der Waals surface area contributed by atoms with Crippen LogP contribution in [0.5, 0.6) is 5.75 Å². The zero-order chi connectivity index (χ0) is 20.5. The fraction of sp³-hybridized carbons (Fsp3) is 0.450. The van der Waals surface area contributed by atoms with E-state index < -0.39 is 24.0 Å². The molecule has 1 aliphatic rings. The molecule has 1 atom stereocenters. The predicted molar refractivity (Wildman–Crippen MR) is 102 cm³/mol. The molecular weight excluding hydrogens is 364 g/mol. The summed E-state index contributed by atoms with van der Waals surface area (Å²) < 4.78 is 15.6. The average Bonchev–Trinajstić information content (AvgIpc) is 2.70. The number of benzene rings is 1. The molecule has 0 aromatic heterocycles. The summed E-state index contributed by atoms with van der Waals surface area (Å²) in [6.45, 7) is 3.54. The number of methoxy groups -OCH3 is 1. The standard InChI is InChI=1S/C20H26N2O6/c1-4-14-18(19(24)27-5-2)15(22-20(25)21-14)12-28-17(23)11-10-13-8-6-7-9-16(13)26-3/h6-9,14H,4-5,10-12H2,1-3H3,(H2,21,22,25)/t14-/m0/s1. The van der Waals surface area contributed by atoms with Crippen molar-refractivity contribution in [2.75, 3.05) is 20.3 Å². The normalized spacial score (nSPS) is 16.1. The average molecular weight is 390 g/mol. The van der Waals surface area contributed by atoms with Crippen molar-refractivity contribution in [1.29, 1.82) is 0 Å². The third kappa shape index (κ3) is 5.48. The van der Waals surface area contributed by atoms with Gasteiger partial charge in [-0.15, -0.1) is 0 Å². The predicted octanol–water partition coefficient (Wildman–Crippen LogP) is 2.08. The van der Waals surface area contributed by atoms with Crippen molar-refractivity contribution in [2.45, 2.75) is 39.2 Å². The Bertz CT molecular complexity index is 759. The van der Waals surface area contributed by atoms with E-state index in [1.54, 1.807) is 14.0 Å². The molecule has 2 N–H and O–H groups in total. The maximum Gasteiger partial charge on any atom is 0.338 e. The number of hydrogen-bond donors (Lipinski definition) is 2. The van der Waals surface area contributed by atoms with Gasteiger partial charge in [0.1, 0.15) is 12.4 Å². The van der Waals surface area contributed by atoms with Crippen LogP contribution in [0.4, 0.5) is 4.79 Å². The summed E-state index contributed by atoms with van der Waals surface area (Å²) in [7, 11) is 1.57. The van der Waals surface area contributed by atoms with E-state index in [0.717, 1.165) is 5.56 Å². The molecule has 0 spiro atoms. The fourth-order valence-electron chi connectivity index (χ4n) is 2.95. The van der Waals surface area contributed by atoms with E-state index >= 15 is 0 Å². The highest BCUT2D eigenvalue weighted by Gasteiger charge is 2.31. The second kappa shape index (κ2) is 10.3. The third-order valence-electron chi connectivity index (χ3n) is 4.32. The van der Waals surface area contributed by atoms with Crippen LogP contribution in [-0.2, 0) is 25.5 Å². The van der Waals surface area contributed by atoms with E-state index in [0.29, 0.717) is 18.6 Å². The Labute approximate surface area is 164 Å². The van der Waals surface area contributed by atoms with Gasteiger partial charge in [0.2, 0.25) is 0 Å². The van der Waals surface area contributed by atoms with Crippen molar-refractivity contribution in [2.24, 2.45) is 0 Å². The lowest BCUT2D eigenvalue weighted by Gasteiger charge is -2.28. The van der Waals surface area contributed by atoms with Crippen molar-refractivity contribution in [3.05, 3.63) is 41.1 Å². The number of hydrogen-bond acceptors (Lipinski definition) is 6. The van der Waals surface area contributed by atoms with E-state index in [9.17, 15) is 14.4 Å². The number of aryl methyl sites for hydroxylation is 1. The Balaban J connectivity index is 2.03. The van der Waals surface area contributed by atoms with Crippen LogP contribution in [0.25, 0.3) is 0 Å². The van der Waals surface area contributed by atoms with Gasteiger partial charge in [-0.25, -0.2) is 9.59 Å². The van der Waals surface area contributed by atoms with Crippen LogP contribution < -0.4 is 15.4 Å². The Hall–Kier alpha value is -3.03. The summed E-state index contributed by atoms with van der Waals surface area (Å²) in [4.78, 5) is 36.3. The molecular formula is C20H26N2O6. The molecule has 0 aliphatic carbocycles. The molecule has 0 unspecified atom stereocenters. The largest absolute Gasteiger partial charge is 0.496 e. The van der Waals surface area contributed by atoms with Gasteiger partial charge in [0.15, 0.2) is 0 Å². The quantitative estimate of drug-likeness (QED) is 0.626. The van der Waals surface area contributed by atoms with Crippen LogP contribution >= 0.6 is 0 Å². The topological polar surface area (TPSA) is 103 Å². The minimum atomic E-state index is -0.540. The summed E-state index contributed by atoms with van der Waals surface area (Å²) >= 11 is 0. The van der Waals surface area contributed by atoms with E-state index in [1.807, 2.05) is 31.2 Å². The minimum absolute atomic E-state index is 0.145. The first-order chi connectivity index (χ1) is 13.5. The molecule has 0 fully saturated rings. The van der Waals surface area contributed by atoms with Crippen LogP contribution in [0, 0.1) is 0 Å². The highest BCUT2D eigenvalue weighted by Crippen LogP contribution is 2.20. The molecule has 1 heterocycles. The summed E-state index contributed by atoms with van der Waals surface area (Å²) in [6, 6.07) is 6.50. The SMILES string of the molecule is CCOC(=O)C1=C(COC(=O)CCc2ccccc2OC)NC(=O)N[C@H]1CC. The lowest BCUT2D eigenvalue weighted by atomic mass is 10.0. The first-order valence-electron chi connectivity index (χ1n) is 9.25. The van der Waals surface area contributed by atoms with Gasteiger partial charge in [-0.3, -0.25) is 4.79 Å². The monoisotopic (exact) mass is 390 g/mol. The second-order valence-electron chi connectivity index (χ2n) is 6.14. The number of amides is 2. The molecule has 2 rings (SSSR count). The molecule has 8 heteroatoms. The second-order valence-corrected chi connectivity index (χ2v) is 6.14. The highest BCUT2D eigenvalue weighted by atomic mass is 16.5. The van der Waals surface area contributed by atoms with E-state index in [1.165, 1.54) is 0 Å². The van der Waals surface area contributed by atoms with Gasteiger partial charge in [0, 0.05) is 6.42 Å². The van der Waals surface area contributed by atoms with Gasteiger partial charge < -0.3 is 24.8 Å². The number of ether oxygens (including phenoxy) is 3. The number of esters is 2. The van der Waals surface area contributed by atoms with Crippen molar-refractivity contribution < 1.29 is 28.6 Å². The summed E-state index contributed by atoms with van der Waals surface area (Å²) in [5.41, 5.74) is 1.43. The van der Waals surface area contributed by atoms with Gasteiger partial charge in [0.25, 0.3) is 0 Å². The van der Waals surface area contributed by atoms with Gasteiger partial charge in [-0.1, -0.05) is 25.1 Å². The molecule has 8 nitrogen and oxygen atoms in total. The number of urea groups is 1. The van der Waals surface area contributed by atoms with Gasteiger partial charge in [-0.2, -0.15) is 0 Å². The van der Waals surface area contributed by atoms with Crippen molar-refractivity contribution in [3.8, 4) is 5.75 Å². The Kier molecular flexibility index (Phi) is 7.86. The van der Waals surface area contributed by atoms with Crippen LogP contribution in [0.15, 0.2) is 35.5 Å². The van der Waals surface area contributed by atoms with Gasteiger partial charge in [-0.05, 0) is 31.4 Å². The lowest BCUT2D eigenvalue weighted by Crippen LogP contribution is -2.51. The van der Waals surface area contributed by atoms with Crippen molar-refractivity contribution in [1.82, 2.24) is 10.6 Å². The number of rotatable bonds is 9. The lowest BCUT2D eigenvalue weighted by molar-refractivity contribution is -0.143. The third-order valence-corrected chi connectivity index (χ3v) is 4.32. The number of carbonyl (C=O) groups excluding carboxylic acids is 3. The Morgan fingerprint density at radius 3 is 2.57 bits per heavy atom.